The summed E-state index contributed by atoms with van der Waals surface area (Å²) in [7, 11) is 0. The first kappa shape index (κ1) is 20.3. The van der Waals surface area contributed by atoms with Crippen LogP contribution in [0.25, 0.3) is 0 Å². The number of anilines is 1. The highest BCUT2D eigenvalue weighted by molar-refractivity contribution is 6.20. The fourth-order valence-corrected chi connectivity index (χ4v) is 5.11. The summed E-state index contributed by atoms with van der Waals surface area (Å²) in [5.41, 5.74) is -0.466. The van der Waals surface area contributed by atoms with Crippen molar-refractivity contribution in [2.75, 3.05) is 11.4 Å². The minimum atomic E-state index is -1.63. The van der Waals surface area contributed by atoms with Crippen molar-refractivity contribution < 1.29 is 24.0 Å². The lowest BCUT2D eigenvalue weighted by Crippen LogP contribution is -2.76. The Labute approximate surface area is 173 Å². The number of nitro groups is 1. The minimum absolute atomic E-state index is 0.0472. The number of imide groups is 2. The number of nitrogens with one attached hydrogen (secondary N) is 1. The number of carbonyl (C=O) groups excluding carboxylic acids is 3. The molecule has 4 atom stereocenters. The number of fused-ring (bicyclic) bond motifs is 4. The van der Waals surface area contributed by atoms with Crippen LogP contribution >= 0.6 is 0 Å². The molecule has 2 saturated heterocycles. The van der Waals surface area contributed by atoms with Crippen molar-refractivity contribution in [3.63, 3.8) is 0 Å². The average Bonchev–Trinajstić information content (AvgIpc) is 2.64. The van der Waals surface area contributed by atoms with Gasteiger partial charge >= 0.3 is 6.03 Å². The summed E-state index contributed by atoms with van der Waals surface area (Å²) in [6.45, 7) is 7.51. The predicted octanol–water partition coefficient (Wildman–Crippen LogP) is 1.61. The lowest BCUT2D eigenvalue weighted by molar-refractivity contribution is -0.384. The molecule has 0 unspecified atom stereocenters. The monoisotopic (exact) mass is 416 g/mol. The van der Waals surface area contributed by atoms with E-state index in [-0.39, 0.29) is 18.2 Å². The van der Waals surface area contributed by atoms with Crippen molar-refractivity contribution in [1.29, 1.82) is 0 Å². The third-order valence-electron chi connectivity index (χ3n) is 6.20. The summed E-state index contributed by atoms with van der Waals surface area (Å²) in [4.78, 5) is 53.2. The number of benzene rings is 1. The van der Waals surface area contributed by atoms with E-state index in [9.17, 15) is 24.5 Å². The van der Waals surface area contributed by atoms with Crippen LogP contribution in [0.4, 0.5) is 16.2 Å². The molecule has 30 heavy (non-hydrogen) atoms. The third kappa shape index (κ3) is 2.70. The lowest BCUT2D eigenvalue weighted by Gasteiger charge is -2.56. The van der Waals surface area contributed by atoms with Crippen molar-refractivity contribution >= 4 is 29.2 Å². The third-order valence-corrected chi connectivity index (χ3v) is 6.20. The highest BCUT2D eigenvalue weighted by atomic mass is 16.6. The number of rotatable bonds is 2. The van der Waals surface area contributed by atoms with E-state index < -0.39 is 46.4 Å². The number of hydrogen-bond acceptors (Lipinski definition) is 7. The van der Waals surface area contributed by atoms with Gasteiger partial charge in [0.25, 0.3) is 5.69 Å². The van der Waals surface area contributed by atoms with Gasteiger partial charge in [0.1, 0.15) is 0 Å². The van der Waals surface area contributed by atoms with Gasteiger partial charge in [-0.05, 0) is 39.3 Å². The second-order valence-electron chi connectivity index (χ2n) is 8.50. The highest BCUT2D eigenvalue weighted by Crippen LogP contribution is 2.48. The number of nitro benzene ring substituents is 1. The van der Waals surface area contributed by atoms with Crippen molar-refractivity contribution in [1.82, 2.24) is 10.2 Å². The highest BCUT2D eigenvalue weighted by Gasteiger charge is 2.64. The first-order valence-electron chi connectivity index (χ1n) is 9.96. The Balaban J connectivity index is 1.94. The van der Waals surface area contributed by atoms with Gasteiger partial charge in [-0.1, -0.05) is 0 Å². The summed E-state index contributed by atoms with van der Waals surface area (Å²) in [6.07, 6.45) is -0.693. The SMILES string of the molecule is CC(C)N1C(=O)NC(=O)[C@]2(Cc3cc([N+](=O)[O-])ccc3N3C[C@@H](C)O[C@@H](C)[C@@H]32)C1=O. The van der Waals surface area contributed by atoms with Crippen LogP contribution in [0.1, 0.15) is 33.3 Å². The summed E-state index contributed by atoms with van der Waals surface area (Å²) in [5.74, 6) is -1.28. The maximum absolute atomic E-state index is 13.7. The number of amides is 4. The van der Waals surface area contributed by atoms with E-state index in [1.165, 1.54) is 12.1 Å². The van der Waals surface area contributed by atoms with Gasteiger partial charge in [-0.15, -0.1) is 0 Å². The molecule has 3 heterocycles. The second kappa shape index (κ2) is 6.76. The van der Waals surface area contributed by atoms with Crippen LogP contribution in [0.15, 0.2) is 18.2 Å². The molecule has 2 fully saturated rings. The van der Waals surface area contributed by atoms with Crippen molar-refractivity contribution in [2.24, 2.45) is 5.41 Å². The van der Waals surface area contributed by atoms with E-state index in [1.807, 2.05) is 18.7 Å². The summed E-state index contributed by atoms with van der Waals surface area (Å²) >= 11 is 0. The molecule has 0 saturated carbocycles. The standard InChI is InChI=1S/C20H24N4O6/c1-10(2)23-18(26)20(17(25)21-19(23)27)8-13-7-14(24(28)29)5-6-15(13)22-9-11(3)30-12(4)16(20)22/h5-7,10-12,16H,8-9H2,1-4H3,(H,21,25,27)/t11-,12+,16-,20-/m1/s1. The number of nitrogens with zero attached hydrogens (tertiary/aromatic N) is 3. The summed E-state index contributed by atoms with van der Waals surface area (Å²) < 4.78 is 5.99. The van der Waals surface area contributed by atoms with E-state index in [2.05, 4.69) is 5.32 Å². The van der Waals surface area contributed by atoms with Crippen LogP contribution in [0, 0.1) is 15.5 Å². The van der Waals surface area contributed by atoms with Crippen LogP contribution in [-0.4, -0.2) is 58.5 Å². The Morgan fingerprint density at radius 3 is 2.60 bits per heavy atom. The molecule has 3 aliphatic heterocycles. The van der Waals surface area contributed by atoms with E-state index in [1.54, 1.807) is 19.9 Å². The van der Waals surface area contributed by atoms with Crippen molar-refractivity contribution in [3.05, 3.63) is 33.9 Å². The molecule has 1 aromatic carbocycles. The number of morpholine rings is 1. The van der Waals surface area contributed by atoms with Gasteiger partial charge in [-0.2, -0.15) is 0 Å². The van der Waals surface area contributed by atoms with Gasteiger partial charge < -0.3 is 9.64 Å². The zero-order valence-electron chi connectivity index (χ0n) is 17.2. The number of hydrogen-bond donors (Lipinski definition) is 1. The molecule has 3 aliphatic rings. The summed E-state index contributed by atoms with van der Waals surface area (Å²) in [6, 6.07) is 2.64. The molecule has 160 valence electrons. The normalized spacial score (nSPS) is 31.0. The molecule has 1 spiro atoms. The van der Waals surface area contributed by atoms with Gasteiger partial charge in [-0.25, -0.2) is 4.79 Å². The molecule has 1 aromatic rings. The number of non-ortho nitro benzene ring substituents is 1. The molecule has 10 nitrogen and oxygen atoms in total. The molecule has 0 radical (unpaired) electrons. The Morgan fingerprint density at radius 2 is 1.97 bits per heavy atom. The average molecular weight is 416 g/mol. The molecule has 0 aliphatic carbocycles. The van der Waals surface area contributed by atoms with Gasteiger partial charge in [0.15, 0.2) is 5.41 Å². The van der Waals surface area contributed by atoms with Gasteiger partial charge in [0, 0.05) is 36.8 Å². The van der Waals surface area contributed by atoms with Crippen molar-refractivity contribution in [2.45, 2.75) is 58.4 Å². The van der Waals surface area contributed by atoms with Gasteiger partial charge in [0.05, 0.1) is 23.2 Å². The molecule has 4 amide bonds. The molecule has 0 aromatic heterocycles. The number of barbiturate groups is 1. The van der Waals surface area contributed by atoms with E-state index in [0.717, 1.165) is 10.6 Å². The Morgan fingerprint density at radius 1 is 1.27 bits per heavy atom. The number of carbonyl (C=O) groups is 3. The zero-order valence-corrected chi connectivity index (χ0v) is 17.2. The van der Waals surface area contributed by atoms with Crippen LogP contribution in [0.3, 0.4) is 0 Å². The fourth-order valence-electron chi connectivity index (χ4n) is 5.11. The molecule has 1 N–H and O–H groups in total. The maximum atomic E-state index is 13.7. The largest absolute Gasteiger partial charge is 0.372 e. The number of urea groups is 1. The first-order chi connectivity index (χ1) is 14.1. The minimum Gasteiger partial charge on any atom is -0.372 e. The fraction of sp³-hybridized carbons (Fsp3) is 0.550. The molecular weight excluding hydrogens is 392 g/mol. The maximum Gasteiger partial charge on any atom is 0.331 e. The summed E-state index contributed by atoms with van der Waals surface area (Å²) in [5, 5.41) is 13.7. The van der Waals surface area contributed by atoms with Crippen LogP contribution in [0.2, 0.25) is 0 Å². The van der Waals surface area contributed by atoms with E-state index >= 15 is 0 Å². The quantitative estimate of drug-likeness (QED) is 0.441. The topological polar surface area (TPSA) is 122 Å². The Hall–Kier alpha value is -3.01. The predicted molar refractivity (Wildman–Crippen MR) is 106 cm³/mol. The molecule has 10 heteroatoms. The Kier molecular flexibility index (Phi) is 4.57. The molecule has 4 rings (SSSR count). The number of ether oxygens (including phenoxy) is 1. The first-order valence-corrected chi connectivity index (χ1v) is 9.96. The Bertz CT molecular complexity index is 963. The van der Waals surface area contributed by atoms with E-state index in [4.69, 9.17) is 4.74 Å². The van der Waals surface area contributed by atoms with Crippen LogP contribution in [0.5, 0.6) is 0 Å². The van der Waals surface area contributed by atoms with E-state index in [0.29, 0.717) is 12.1 Å². The van der Waals surface area contributed by atoms with Crippen molar-refractivity contribution in [3.8, 4) is 0 Å². The van der Waals surface area contributed by atoms with Crippen LogP contribution in [-0.2, 0) is 20.7 Å². The smallest absolute Gasteiger partial charge is 0.331 e. The van der Waals surface area contributed by atoms with Gasteiger partial charge in [0.2, 0.25) is 11.8 Å². The van der Waals surface area contributed by atoms with Crippen LogP contribution < -0.4 is 10.2 Å². The molecular formula is C20H24N4O6. The zero-order chi connectivity index (χ0) is 22.0. The lowest BCUT2D eigenvalue weighted by atomic mass is 9.66. The van der Waals surface area contributed by atoms with Gasteiger partial charge in [-0.3, -0.25) is 29.9 Å². The second-order valence-corrected chi connectivity index (χ2v) is 8.50. The molecule has 0 bridgehead atoms.